The number of hydrogen-bond acceptors (Lipinski definition) is 5. The van der Waals surface area contributed by atoms with Crippen LogP contribution in [0.1, 0.15) is 78.6 Å². The molecule has 3 aromatic rings. The molecule has 1 N–H and O–H groups in total. The van der Waals surface area contributed by atoms with Crippen molar-refractivity contribution in [2.24, 2.45) is 0 Å². The SMILES string of the molecule is CCCCCOc1cc(OCCCCC)c([S+](c2ccccc2)c2ccccc2)c(OCCCCC)c1.O=C([O-])O. The van der Waals surface area contributed by atoms with Gasteiger partial charge in [-0.1, -0.05) is 95.7 Å². The van der Waals surface area contributed by atoms with Gasteiger partial charge in [-0.2, -0.15) is 0 Å². The highest BCUT2D eigenvalue weighted by Crippen LogP contribution is 2.45. The van der Waals surface area contributed by atoms with Gasteiger partial charge in [-0.15, -0.1) is 0 Å². The molecule has 41 heavy (non-hydrogen) atoms. The number of ether oxygens (including phenoxy) is 3. The monoisotopic (exact) mass is 582 g/mol. The molecule has 0 amide bonds. The fourth-order valence-electron chi connectivity index (χ4n) is 4.15. The molecule has 7 heteroatoms. The summed E-state index contributed by atoms with van der Waals surface area (Å²) >= 11 is 0. The zero-order valence-corrected chi connectivity index (χ0v) is 25.6. The second-order valence-electron chi connectivity index (χ2n) is 9.61. The second-order valence-corrected chi connectivity index (χ2v) is 11.6. The van der Waals surface area contributed by atoms with Gasteiger partial charge in [0.2, 0.25) is 11.1 Å². The molecule has 0 aliphatic carbocycles. The first-order chi connectivity index (χ1) is 20.0. The van der Waals surface area contributed by atoms with Gasteiger partial charge >= 0.3 is 0 Å². The molecule has 0 radical (unpaired) electrons. The topological polar surface area (TPSA) is 88.1 Å². The van der Waals surface area contributed by atoms with E-state index in [0.717, 1.165) is 54.2 Å². The molecule has 0 saturated heterocycles. The quantitative estimate of drug-likeness (QED) is 0.120. The Bertz CT molecular complexity index is 1030. The van der Waals surface area contributed by atoms with Gasteiger partial charge in [0.1, 0.15) is 16.6 Å². The Morgan fingerprint density at radius 1 is 0.659 bits per heavy atom. The number of unbranched alkanes of at least 4 members (excludes halogenated alkanes) is 6. The molecule has 0 bridgehead atoms. The molecule has 0 spiro atoms. The maximum atomic E-state index is 8.44. The van der Waals surface area contributed by atoms with Gasteiger partial charge in [0, 0.05) is 12.1 Å². The van der Waals surface area contributed by atoms with Crippen molar-refractivity contribution in [3.63, 3.8) is 0 Å². The first kappa shape index (κ1) is 33.9. The third kappa shape index (κ3) is 12.8. The minimum atomic E-state index is -2.08. The third-order valence-electron chi connectivity index (χ3n) is 6.18. The summed E-state index contributed by atoms with van der Waals surface area (Å²) in [5.41, 5.74) is 0. The molecule has 0 saturated carbocycles. The Morgan fingerprint density at radius 3 is 1.39 bits per heavy atom. The molecule has 0 aliphatic heterocycles. The minimum Gasteiger partial charge on any atom is -0.565 e. The lowest BCUT2D eigenvalue weighted by Gasteiger charge is -2.19. The molecular weight excluding hydrogens is 536 g/mol. The van der Waals surface area contributed by atoms with Crippen LogP contribution in [0.5, 0.6) is 17.2 Å². The van der Waals surface area contributed by atoms with Gasteiger partial charge in [-0.05, 0) is 43.5 Å². The lowest BCUT2D eigenvalue weighted by molar-refractivity contribution is -0.275. The van der Waals surface area contributed by atoms with E-state index < -0.39 is 6.16 Å². The first-order valence-electron chi connectivity index (χ1n) is 14.8. The maximum absolute atomic E-state index is 8.44. The molecule has 3 aromatic carbocycles. The van der Waals surface area contributed by atoms with Gasteiger partial charge in [-0.25, -0.2) is 0 Å². The Morgan fingerprint density at radius 2 is 1.02 bits per heavy atom. The number of rotatable bonds is 18. The molecule has 6 nitrogen and oxygen atoms in total. The molecule has 0 unspecified atom stereocenters. The van der Waals surface area contributed by atoms with Crippen LogP contribution >= 0.6 is 0 Å². The zero-order valence-electron chi connectivity index (χ0n) is 24.8. The minimum absolute atomic E-state index is 0.375. The summed E-state index contributed by atoms with van der Waals surface area (Å²) in [6.07, 6.45) is 8.04. The van der Waals surface area contributed by atoms with E-state index in [-0.39, 0.29) is 10.9 Å². The highest BCUT2D eigenvalue weighted by atomic mass is 32.2. The smallest absolute Gasteiger partial charge is 0.250 e. The van der Waals surface area contributed by atoms with Crippen LogP contribution in [0.25, 0.3) is 0 Å². The summed E-state index contributed by atoms with van der Waals surface area (Å²) in [7, 11) is -0.375. The van der Waals surface area contributed by atoms with Gasteiger partial charge in [0.25, 0.3) is 0 Å². The molecule has 224 valence electrons. The Kier molecular flexibility index (Phi) is 17.0. The average molecular weight is 583 g/mol. The maximum Gasteiger partial charge on any atom is 0.250 e. The van der Waals surface area contributed by atoms with Crippen molar-refractivity contribution in [2.75, 3.05) is 19.8 Å². The number of benzene rings is 3. The lowest BCUT2D eigenvalue weighted by Crippen LogP contribution is -2.17. The number of hydrogen-bond donors (Lipinski definition) is 1. The van der Waals surface area contributed by atoms with E-state index in [1.807, 2.05) is 0 Å². The van der Waals surface area contributed by atoms with Crippen LogP contribution in [0, 0.1) is 0 Å². The Labute approximate surface area is 249 Å². The number of carbonyl (C=O) groups is 1. The van der Waals surface area contributed by atoms with Crippen LogP contribution in [-0.2, 0) is 10.9 Å². The van der Waals surface area contributed by atoms with Gasteiger partial charge in [-0.3, -0.25) is 0 Å². The van der Waals surface area contributed by atoms with Gasteiger partial charge in [0.15, 0.2) is 21.3 Å². The molecule has 3 rings (SSSR count). The van der Waals surface area contributed by atoms with Crippen molar-refractivity contribution in [1.29, 1.82) is 0 Å². The van der Waals surface area contributed by atoms with E-state index in [9.17, 15) is 0 Å². The molecule has 0 aromatic heterocycles. The van der Waals surface area contributed by atoms with Crippen molar-refractivity contribution >= 4 is 17.1 Å². The highest BCUT2D eigenvalue weighted by Gasteiger charge is 2.37. The van der Waals surface area contributed by atoms with Crippen molar-refractivity contribution in [3.8, 4) is 17.2 Å². The average Bonchev–Trinajstić information content (AvgIpc) is 2.98. The van der Waals surface area contributed by atoms with E-state index in [1.165, 1.54) is 35.5 Å². The van der Waals surface area contributed by atoms with Crippen LogP contribution in [0.2, 0.25) is 0 Å². The standard InChI is InChI=1S/C33H45O3S.CH2O3/c1-4-7-16-23-34-28-26-31(35-24-17-8-5-2)33(32(27-28)36-25-18-9-6-3)37(29-19-12-10-13-20-29)30-21-14-11-15-22-30;2-1(3)4/h10-15,19-22,26-27H,4-9,16-18,23-25H2,1-3H3;(H2,2,3,4)/q+1;/p-1. The van der Waals surface area contributed by atoms with Crippen molar-refractivity contribution in [1.82, 2.24) is 0 Å². The molecular formula is C34H46O6S. The summed E-state index contributed by atoms with van der Waals surface area (Å²) < 4.78 is 19.3. The van der Waals surface area contributed by atoms with Crippen LogP contribution in [-0.4, -0.2) is 31.1 Å². The van der Waals surface area contributed by atoms with Crippen molar-refractivity contribution in [3.05, 3.63) is 72.8 Å². The fraction of sp³-hybridized carbons (Fsp3) is 0.441. The van der Waals surface area contributed by atoms with Gasteiger partial charge in [0.05, 0.1) is 19.8 Å². The Hall–Kier alpha value is -3.32. The molecule has 0 heterocycles. The van der Waals surface area contributed by atoms with Gasteiger partial charge < -0.3 is 29.2 Å². The molecule has 0 fully saturated rings. The summed E-state index contributed by atoms with van der Waals surface area (Å²) in [5, 5.41) is 15.3. The predicted molar refractivity (Wildman–Crippen MR) is 165 cm³/mol. The van der Waals surface area contributed by atoms with Crippen LogP contribution in [0.3, 0.4) is 0 Å². The van der Waals surface area contributed by atoms with Crippen LogP contribution in [0.4, 0.5) is 4.79 Å². The van der Waals surface area contributed by atoms with E-state index in [4.69, 9.17) is 29.2 Å². The largest absolute Gasteiger partial charge is 0.565 e. The predicted octanol–water partition coefficient (Wildman–Crippen LogP) is 8.38. The highest BCUT2D eigenvalue weighted by molar-refractivity contribution is 7.97. The van der Waals surface area contributed by atoms with Crippen LogP contribution < -0.4 is 19.3 Å². The summed E-state index contributed by atoms with van der Waals surface area (Å²) in [5.74, 6) is 2.59. The normalized spacial score (nSPS) is 10.5. The first-order valence-corrected chi connectivity index (χ1v) is 16.0. The summed E-state index contributed by atoms with van der Waals surface area (Å²) in [4.78, 5) is 12.1. The fourth-order valence-corrected chi connectivity index (χ4v) is 6.39. The van der Waals surface area contributed by atoms with Crippen LogP contribution in [0.15, 0.2) is 87.5 Å². The molecule has 0 aliphatic rings. The van der Waals surface area contributed by atoms with E-state index >= 15 is 0 Å². The number of carboxylic acid groups (broad SMARTS) is 2. The van der Waals surface area contributed by atoms with E-state index in [0.29, 0.717) is 19.8 Å². The van der Waals surface area contributed by atoms with Crippen molar-refractivity contribution < 1.29 is 29.2 Å². The zero-order chi connectivity index (χ0) is 29.7. The summed E-state index contributed by atoms with van der Waals surface area (Å²) in [6, 6.07) is 25.7. The second kappa shape index (κ2) is 20.5. The molecule has 0 atom stereocenters. The third-order valence-corrected chi connectivity index (χ3v) is 8.48. The Balaban J connectivity index is 0.00000138. The summed E-state index contributed by atoms with van der Waals surface area (Å²) in [6.45, 7) is 8.75. The van der Waals surface area contributed by atoms with Crippen molar-refractivity contribution in [2.45, 2.75) is 93.2 Å². The van der Waals surface area contributed by atoms with E-state index in [1.54, 1.807) is 0 Å². The van der Waals surface area contributed by atoms with E-state index in [2.05, 4.69) is 93.6 Å². The lowest BCUT2D eigenvalue weighted by atomic mass is 10.2.